The van der Waals surface area contributed by atoms with E-state index in [0.717, 1.165) is 71.9 Å². The Morgan fingerprint density at radius 3 is 0.951 bits per heavy atom. The van der Waals surface area contributed by atoms with Crippen LogP contribution in [0.15, 0.2) is 381 Å². The second-order valence-corrected chi connectivity index (χ2v) is 31.0. The predicted molar refractivity (Wildman–Crippen MR) is 537 cm³/mol. The third-order valence-electron chi connectivity index (χ3n) is 19.7. The number of alkyl halides is 1. The Labute approximate surface area is 928 Å². The second kappa shape index (κ2) is 72.9. The number of ether oxygens (including phenoxy) is 7. The largest absolute Gasteiger partial charge is 1.00 e. The van der Waals surface area contributed by atoms with Gasteiger partial charge in [-0.2, -0.15) is 15.5 Å². The van der Waals surface area contributed by atoms with E-state index in [9.17, 15) is 62.7 Å². The summed E-state index contributed by atoms with van der Waals surface area (Å²) in [5.74, 6) is -4.87. The zero-order valence-electron chi connectivity index (χ0n) is 92.8. The van der Waals surface area contributed by atoms with Crippen LogP contribution in [0.3, 0.4) is 0 Å². The first-order valence-corrected chi connectivity index (χ1v) is 44.3. The number of ketones is 1. The van der Waals surface area contributed by atoms with Crippen molar-refractivity contribution in [3.63, 3.8) is 0 Å². The molecule has 0 amide bonds. The predicted octanol–water partition coefficient (Wildman–Crippen LogP) is 8.85. The molecule has 15 N–H and O–H groups in total. The first kappa shape index (κ1) is 111. The van der Waals surface area contributed by atoms with Crippen LogP contribution in [-0.2, 0) is 89.7 Å². The van der Waals surface area contributed by atoms with Crippen molar-refractivity contribution >= 4 is 80.6 Å². The normalized spacial score (nSPS) is 14.0. The number of nitrogens with two attached hydrogens (primary N) is 1. The van der Waals surface area contributed by atoms with E-state index in [-0.39, 0.29) is 137 Å². The van der Waals surface area contributed by atoms with Gasteiger partial charge in [-0.05, 0) is 107 Å². The Kier molecular flexibility index (Phi) is 56.7. The molecule has 0 aromatic heterocycles. The quantitative estimate of drug-likeness (QED) is 0.00511. The van der Waals surface area contributed by atoms with Gasteiger partial charge in [-0.25, -0.2) is 19.2 Å². The number of carbonyl (C=O) groups excluding carboxylic acids is 4. The number of aryl methyl sites for hydroxylation is 1. The number of carboxylic acid groups (broad SMARTS) is 2. The molecular formula is C108H124Cl3KN2NaO26S+. The maximum atomic E-state index is 12.1. The molecule has 1 heterocycles. The van der Waals surface area contributed by atoms with Crippen LogP contribution in [-0.4, -0.2) is 197 Å². The molecule has 1 fully saturated rings. The summed E-state index contributed by atoms with van der Waals surface area (Å²) in [7, 11) is -8.71. The summed E-state index contributed by atoms with van der Waals surface area (Å²) in [6.07, 6.45) is -6.64. The van der Waals surface area contributed by atoms with E-state index < -0.39 is 109 Å². The van der Waals surface area contributed by atoms with Crippen LogP contribution in [0.4, 0.5) is 0 Å². The summed E-state index contributed by atoms with van der Waals surface area (Å²) in [5, 5.41) is 76.9. The molecule has 1 aliphatic rings. The van der Waals surface area contributed by atoms with Crippen LogP contribution >= 0.6 is 34.8 Å². The van der Waals surface area contributed by atoms with E-state index in [1.807, 2.05) is 184 Å². The molecule has 13 aromatic rings. The van der Waals surface area contributed by atoms with E-state index in [1.165, 1.54) is 80.4 Å². The molecular weight excluding hydrogens is 1940 g/mol. The number of benzene rings is 13. The minimum Gasteiger partial charge on any atom is -0.870 e. The smallest absolute Gasteiger partial charge is 0.870 e. The second-order valence-electron chi connectivity index (χ2n) is 28.5. The number of epoxide rings is 1. The van der Waals surface area contributed by atoms with Gasteiger partial charge in [0.2, 0.25) is 1.43 Å². The van der Waals surface area contributed by atoms with Crippen molar-refractivity contribution < 1.29 is 229 Å². The molecule has 14 rings (SSSR count). The molecule has 0 bridgehead atoms. The van der Waals surface area contributed by atoms with Gasteiger partial charge < -0.3 is 96.1 Å². The van der Waals surface area contributed by atoms with Gasteiger partial charge in [0.1, 0.15) is 11.9 Å². The monoisotopic (exact) mass is 2080 g/mol. The summed E-state index contributed by atoms with van der Waals surface area (Å²) in [6.45, 7) is 5.85. The molecule has 0 aliphatic carbocycles. The summed E-state index contributed by atoms with van der Waals surface area (Å²) in [6, 6.07) is 108. The van der Waals surface area contributed by atoms with E-state index in [1.54, 1.807) is 146 Å². The third kappa shape index (κ3) is 40.7. The van der Waals surface area contributed by atoms with Crippen LogP contribution in [0.1, 0.15) is 119 Å². The third-order valence-corrected chi connectivity index (χ3v) is 21.3. The Hall–Kier alpha value is -10.3. The minimum atomic E-state index is -4.02. The molecule has 0 radical (unpaired) electrons. The molecule has 13 aromatic carbocycles. The van der Waals surface area contributed by atoms with Crippen molar-refractivity contribution in [2.45, 2.75) is 84.6 Å². The summed E-state index contributed by atoms with van der Waals surface area (Å²) >= 11 is 16.3. The van der Waals surface area contributed by atoms with E-state index in [4.69, 9.17) is 102 Å². The number of hydrogen-bond acceptors (Lipinski definition) is 24. The number of quaternary nitrogens is 1. The summed E-state index contributed by atoms with van der Waals surface area (Å²) < 4.78 is 156. The summed E-state index contributed by atoms with van der Waals surface area (Å²) in [4.78, 5) is 68.4. The molecule has 1 saturated heterocycles. The number of methoxy groups -OCH3 is 6. The zero-order valence-corrected chi connectivity index (χ0v) is 88.0. The van der Waals surface area contributed by atoms with Crippen molar-refractivity contribution in [1.82, 2.24) is 0 Å². The number of aliphatic hydroxyl groups is 6. The first-order chi connectivity index (χ1) is 71.8. The van der Waals surface area contributed by atoms with E-state index >= 15 is 0 Å². The van der Waals surface area contributed by atoms with Crippen molar-refractivity contribution in [3.05, 3.63) is 458 Å². The average Bonchev–Trinajstić information content (AvgIpc) is 1.55. The van der Waals surface area contributed by atoms with Crippen LogP contribution in [0.5, 0.6) is 0 Å². The van der Waals surface area contributed by atoms with E-state index in [0.29, 0.717) is 17.2 Å². The van der Waals surface area contributed by atoms with Crippen LogP contribution in [0, 0.1) is 6.92 Å². The SMILES string of the molecule is CO.CO.COC(=O)C1OC1(c1ccccc1)c1ccccc1.COC(=O)CCl.C[C@H](N)c1ccc(Cl)cc1.C[C@H]([NH3+])c1ccc(Cl)cc1.C[O-].Cc1ccc(S(=O)(=O)O)cc1.O=C(c1ccccc1)c1ccccc1.[2H]C([2H])([2H])OC(c1ccccc1)(c1ccccc1)C(O)C(=O)O.[2H]C([2H])([2H])OC(c1ccccc1)(c1ccccc1)C(O)C(=O)OC.[2H]C([2H])([2H])OC(c1ccccc1)(c1ccccc1)[C@H](O)C(=O)O.[2H]OC([2H])([2H])[2H].[K+].[Na+].[OH-]. The molecule has 28 nitrogen and oxygen atoms in total. The number of halogens is 3. The Morgan fingerprint density at radius 2 is 0.732 bits per heavy atom. The summed E-state index contributed by atoms with van der Waals surface area (Å²) in [5.41, 5.74) is 11.1. The van der Waals surface area contributed by atoms with Gasteiger partial charge in [0.05, 0.1) is 42.7 Å². The number of aliphatic carboxylic acids is 2. The van der Waals surface area contributed by atoms with Crippen molar-refractivity contribution in [1.29, 1.82) is 1.43 Å². The fraction of sp³-hybridized carbons (Fsp3) is 0.222. The number of rotatable bonds is 24. The molecule has 34 heteroatoms. The molecule has 1 aliphatic heterocycles. The minimum absolute atomic E-state index is 0. The van der Waals surface area contributed by atoms with Gasteiger partial charge in [-0.3, -0.25) is 14.1 Å². The first-order valence-electron chi connectivity index (χ1n) is 47.9. The topological polar surface area (TPSA) is 493 Å². The molecule has 0 spiro atoms. The zero-order chi connectivity index (χ0) is 115. The number of carbonyl (C=O) groups is 6. The van der Waals surface area contributed by atoms with Crippen LogP contribution in [0.25, 0.3) is 0 Å². The fourth-order valence-electron chi connectivity index (χ4n) is 12.8. The van der Waals surface area contributed by atoms with Crippen LogP contribution in [0.2, 0.25) is 10.0 Å². The molecule has 6 atom stereocenters. The van der Waals surface area contributed by atoms with Gasteiger partial charge in [-0.15, -0.1) is 11.6 Å². The van der Waals surface area contributed by atoms with Crippen molar-refractivity contribution in [2.24, 2.45) is 5.73 Å². The Morgan fingerprint density at radius 1 is 0.465 bits per heavy atom. The molecule has 0 saturated carbocycles. The van der Waals surface area contributed by atoms with Gasteiger partial charge >= 0.3 is 111 Å². The Bertz CT molecular complexity index is 5850. The number of carboxylic acids is 2. The van der Waals surface area contributed by atoms with Gasteiger partial charge in [0.15, 0.2) is 52.6 Å². The van der Waals surface area contributed by atoms with Gasteiger partial charge in [-0.1, -0.05) is 368 Å². The molecule has 3 unspecified atom stereocenters. The fourth-order valence-corrected chi connectivity index (χ4v) is 13.7. The van der Waals surface area contributed by atoms with E-state index in [2.05, 4.69) is 27.2 Å². The molecule has 750 valence electrons. The van der Waals surface area contributed by atoms with Gasteiger partial charge in [0, 0.05) is 75.1 Å². The van der Waals surface area contributed by atoms with Crippen LogP contribution < -0.4 is 97.5 Å². The maximum Gasteiger partial charge on any atom is 1.00 e. The number of esters is 3. The Balaban J connectivity index is 0. The number of aliphatic hydroxyl groups excluding tert-OH is 5. The van der Waals surface area contributed by atoms with Crippen molar-refractivity contribution in [3.8, 4) is 0 Å². The number of hydrogen-bond donors (Lipinski definition) is 11. The van der Waals surface area contributed by atoms with Crippen molar-refractivity contribution in [2.75, 3.05) is 76.7 Å². The standard InChI is InChI=1S/C17H18O4.2C16H16O4.C16H14O3.C13H10O.2C8H10ClN.C7H8O3S.C3H5ClO2.3CH4O.CH3O.K.Na.H2O/c1-20-16(19)15(18)17(21-2,13-9-5-3-6-10-13)14-11-7-4-8-12-14;2*1-20-16(14(17)15(18)19,12-8-4-2-5-9-12)13-10-6-3-7-11-13;1-18-15(17)14-16(19-14,12-8-4-2-5-9-12)13-10-6-3-7-11-13;14-13(11-7-3-1-4-8-11)12-9-5-2-6-10-12;2*1-6(10)7-2-4-8(9)5-3-7;1-6-2-4-7(5-3-6)11(8,9)10;1-6-3(5)2-4;4*1-2;;;/h3-12,15,18H,1-2H3;2*2-11,14,17H,1H3,(H,18,19);2-11,14H,1H3;1-10H;2*2-6H,10H2,1H3;2-5H,1H3,(H,8,9,10);2H2,1H3;3*2H,1H3;1H3;;;1H2/q;;;;;;;;;;;;-1;2*+1;/t;14-;;;;2*6-;;;;;;;;;/m.1...00........./s1/i2D3;2*1D3;;;;;;;1D3,2D;;;;;;. The maximum absolute atomic E-state index is 12.1. The molecule has 142 heavy (non-hydrogen) atoms. The van der Waals surface area contributed by atoms with Gasteiger partial charge in [0.25, 0.3) is 10.1 Å². The average molecular weight is 2080 g/mol.